The van der Waals surface area contributed by atoms with Gasteiger partial charge in [0.25, 0.3) is 0 Å². The number of carboxylic acid groups (broad SMARTS) is 1. The van der Waals surface area contributed by atoms with Gasteiger partial charge in [-0.15, -0.1) is 0 Å². The Labute approximate surface area is 116 Å². The number of allylic oxidation sites excluding steroid dienone is 1. The summed E-state index contributed by atoms with van der Waals surface area (Å²) in [5.74, 6) is 0.353. The number of benzene rings is 1. The van der Waals surface area contributed by atoms with E-state index in [2.05, 4.69) is 0 Å². The molecule has 0 fully saturated rings. The van der Waals surface area contributed by atoms with E-state index < -0.39 is 11.9 Å². The van der Waals surface area contributed by atoms with Crippen LogP contribution in [0.15, 0.2) is 41.2 Å². The summed E-state index contributed by atoms with van der Waals surface area (Å²) < 4.78 is 5.15. The second-order valence-corrected chi connectivity index (χ2v) is 4.72. The number of fused-ring (bicyclic) bond motifs is 1. The topological polar surface area (TPSA) is 67.5 Å². The Hall–Kier alpha value is -2.32. The van der Waals surface area contributed by atoms with Crippen LogP contribution < -0.4 is 0 Å². The molecular weight excluding hydrogens is 256 g/mol. The number of rotatable bonds is 7. The van der Waals surface area contributed by atoms with Gasteiger partial charge >= 0.3 is 5.97 Å². The molecule has 4 nitrogen and oxygen atoms in total. The highest BCUT2D eigenvalue weighted by molar-refractivity contribution is 5.89. The van der Waals surface area contributed by atoms with Crippen LogP contribution in [0.3, 0.4) is 0 Å². The molecule has 4 heteroatoms. The van der Waals surface area contributed by atoms with Crippen LogP contribution in [0, 0.1) is 0 Å². The lowest BCUT2D eigenvalue weighted by molar-refractivity contribution is -0.139. The van der Waals surface area contributed by atoms with E-state index in [1.54, 1.807) is 18.5 Å². The zero-order valence-corrected chi connectivity index (χ0v) is 11.0. The van der Waals surface area contributed by atoms with Crippen molar-refractivity contribution in [2.24, 2.45) is 0 Å². The summed E-state index contributed by atoms with van der Waals surface area (Å²) in [5, 5.41) is 11.2. The summed E-state index contributed by atoms with van der Waals surface area (Å²) >= 11 is 0. The van der Waals surface area contributed by atoms with Gasteiger partial charge in [-0.1, -0.05) is 24.6 Å². The number of carboxylic acids is 1. The number of aliphatic carboxylic acids is 1. The van der Waals surface area contributed by atoms with E-state index in [0.29, 0.717) is 12.8 Å². The standard InChI is InChI=1S/C16H16O4/c17-9-4-2-1-3-7-14(16(18)19)13-8-5-6-12-10-20-11-15(12)13/h4-6,8,10-11,14H,1-3,7H2,(H,18,19). The van der Waals surface area contributed by atoms with Crippen LogP contribution >= 0.6 is 0 Å². The van der Waals surface area contributed by atoms with Gasteiger partial charge in [0.05, 0.1) is 18.4 Å². The summed E-state index contributed by atoms with van der Waals surface area (Å²) in [7, 11) is 0. The fraction of sp³-hybridized carbons (Fsp3) is 0.312. The number of furan rings is 1. The molecule has 1 heterocycles. The van der Waals surface area contributed by atoms with Gasteiger partial charge in [-0.3, -0.25) is 4.79 Å². The highest BCUT2D eigenvalue weighted by Crippen LogP contribution is 2.30. The van der Waals surface area contributed by atoms with Gasteiger partial charge in [0.1, 0.15) is 5.94 Å². The van der Waals surface area contributed by atoms with Crippen molar-refractivity contribution in [3.05, 3.63) is 42.4 Å². The van der Waals surface area contributed by atoms with Gasteiger partial charge in [-0.2, -0.15) is 0 Å². The molecule has 2 aromatic rings. The molecule has 1 N–H and O–H groups in total. The van der Waals surface area contributed by atoms with Crippen molar-refractivity contribution >= 4 is 22.7 Å². The van der Waals surface area contributed by atoms with Crippen molar-refractivity contribution in [1.29, 1.82) is 0 Å². The number of unbranched alkanes of at least 4 members (excludes halogenated alkanes) is 2. The van der Waals surface area contributed by atoms with E-state index in [1.807, 2.05) is 18.2 Å². The Bertz CT molecular complexity index is 635. The molecule has 104 valence electrons. The quantitative estimate of drug-likeness (QED) is 0.618. The van der Waals surface area contributed by atoms with Crippen molar-refractivity contribution in [2.45, 2.75) is 31.6 Å². The lowest BCUT2D eigenvalue weighted by Gasteiger charge is -2.13. The van der Waals surface area contributed by atoms with Gasteiger partial charge < -0.3 is 9.52 Å². The minimum absolute atomic E-state index is 0.545. The Morgan fingerprint density at radius 2 is 2.20 bits per heavy atom. The van der Waals surface area contributed by atoms with Gasteiger partial charge in [-0.05, 0) is 30.9 Å². The Morgan fingerprint density at radius 3 is 2.95 bits per heavy atom. The average Bonchev–Trinajstić information content (AvgIpc) is 2.91. The molecule has 20 heavy (non-hydrogen) atoms. The largest absolute Gasteiger partial charge is 0.481 e. The molecule has 0 radical (unpaired) electrons. The molecule has 1 aromatic carbocycles. The van der Waals surface area contributed by atoms with Gasteiger partial charge in [0, 0.05) is 10.8 Å². The van der Waals surface area contributed by atoms with E-state index in [1.165, 1.54) is 6.08 Å². The maximum Gasteiger partial charge on any atom is 0.310 e. The first-order valence-corrected chi connectivity index (χ1v) is 6.61. The fourth-order valence-corrected chi connectivity index (χ4v) is 2.39. The SMILES string of the molecule is O=C=CCCCCC(C(=O)O)c1cccc2cocc12. The molecule has 2 rings (SSSR count). The molecule has 0 aliphatic carbocycles. The molecule has 0 aliphatic rings. The Kier molecular flexibility index (Phi) is 4.75. The third-order valence-corrected chi connectivity index (χ3v) is 3.40. The summed E-state index contributed by atoms with van der Waals surface area (Å²) in [4.78, 5) is 21.5. The molecule has 1 atom stereocenters. The van der Waals surface area contributed by atoms with Crippen LogP contribution in [0.1, 0.15) is 37.2 Å². The average molecular weight is 272 g/mol. The van der Waals surface area contributed by atoms with Crippen LogP contribution in [0.5, 0.6) is 0 Å². The van der Waals surface area contributed by atoms with Crippen LogP contribution in [0.4, 0.5) is 0 Å². The minimum atomic E-state index is -0.829. The minimum Gasteiger partial charge on any atom is -0.481 e. The second-order valence-electron chi connectivity index (χ2n) is 4.72. The summed E-state index contributed by atoms with van der Waals surface area (Å²) in [6, 6.07) is 5.58. The molecule has 0 saturated heterocycles. The first-order chi connectivity index (χ1) is 9.74. The van der Waals surface area contributed by atoms with Gasteiger partial charge in [0.15, 0.2) is 0 Å². The molecular formula is C16H16O4. The summed E-state index contributed by atoms with van der Waals surface area (Å²) in [5.41, 5.74) is 0.787. The van der Waals surface area contributed by atoms with E-state index in [0.717, 1.165) is 29.2 Å². The number of carbonyl (C=O) groups is 1. The normalized spacial score (nSPS) is 12.0. The van der Waals surface area contributed by atoms with Crippen molar-refractivity contribution in [1.82, 2.24) is 0 Å². The molecule has 1 aromatic heterocycles. The Balaban J connectivity index is 2.14. The lowest BCUT2D eigenvalue weighted by atomic mass is 9.90. The number of hydrogen-bond donors (Lipinski definition) is 1. The highest BCUT2D eigenvalue weighted by Gasteiger charge is 2.21. The lowest BCUT2D eigenvalue weighted by Crippen LogP contribution is -2.11. The summed E-state index contributed by atoms with van der Waals surface area (Å²) in [6.07, 6.45) is 7.39. The van der Waals surface area contributed by atoms with Crippen LogP contribution in [0.25, 0.3) is 10.8 Å². The monoisotopic (exact) mass is 272 g/mol. The zero-order valence-electron chi connectivity index (χ0n) is 11.0. The highest BCUT2D eigenvalue weighted by atomic mass is 16.4. The first-order valence-electron chi connectivity index (χ1n) is 6.61. The molecule has 0 saturated carbocycles. The van der Waals surface area contributed by atoms with Crippen molar-refractivity contribution in [2.75, 3.05) is 0 Å². The second kappa shape index (κ2) is 6.73. The van der Waals surface area contributed by atoms with Crippen molar-refractivity contribution in [3.63, 3.8) is 0 Å². The molecule has 0 aliphatic heterocycles. The van der Waals surface area contributed by atoms with Crippen LogP contribution in [0.2, 0.25) is 0 Å². The van der Waals surface area contributed by atoms with Crippen molar-refractivity contribution < 1.29 is 19.1 Å². The maximum atomic E-state index is 11.5. The molecule has 0 bridgehead atoms. The molecule has 1 unspecified atom stereocenters. The smallest absolute Gasteiger partial charge is 0.310 e. The van der Waals surface area contributed by atoms with E-state index in [9.17, 15) is 14.7 Å². The number of carbonyl (C=O) groups excluding carboxylic acids is 1. The van der Waals surface area contributed by atoms with Gasteiger partial charge in [0.2, 0.25) is 0 Å². The van der Waals surface area contributed by atoms with E-state index >= 15 is 0 Å². The van der Waals surface area contributed by atoms with E-state index in [4.69, 9.17) is 4.42 Å². The number of hydrogen-bond acceptors (Lipinski definition) is 3. The maximum absolute atomic E-state index is 11.5. The fourth-order valence-electron chi connectivity index (χ4n) is 2.39. The molecule has 0 amide bonds. The predicted octanol–water partition coefficient (Wildman–Crippen LogP) is 3.55. The van der Waals surface area contributed by atoms with Crippen molar-refractivity contribution in [3.8, 4) is 0 Å². The zero-order chi connectivity index (χ0) is 14.4. The first kappa shape index (κ1) is 14.1. The third kappa shape index (κ3) is 3.16. The molecule has 0 spiro atoms. The van der Waals surface area contributed by atoms with Gasteiger partial charge in [-0.25, -0.2) is 4.79 Å². The predicted molar refractivity (Wildman–Crippen MR) is 75.3 cm³/mol. The van der Waals surface area contributed by atoms with Crippen LogP contribution in [-0.4, -0.2) is 17.0 Å². The Morgan fingerprint density at radius 1 is 1.35 bits per heavy atom. The summed E-state index contributed by atoms with van der Waals surface area (Å²) in [6.45, 7) is 0. The third-order valence-electron chi connectivity index (χ3n) is 3.40. The van der Waals surface area contributed by atoms with E-state index in [-0.39, 0.29) is 0 Å². The van der Waals surface area contributed by atoms with Crippen LogP contribution in [-0.2, 0) is 9.59 Å².